The van der Waals surface area contributed by atoms with Crippen LogP contribution in [-0.2, 0) is 14.6 Å². The number of nitrogens with zero attached hydrogens (tertiary/aromatic N) is 1. The third kappa shape index (κ3) is 5.22. The highest BCUT2D eigenvalue weighted by Gasteiger charge is 2.18. The van der Waals surface area contributed by atoms with Crippen molar-refractivity contribution in [2.24, 2.45) is 0 Å². The molecule has 20 heavy (non-hydrogen) atoms. The van der Waals surface area contributed by atoms with Crippen molar-refractivity contribution in [2.45, 2.75) is 4.90 Å². The number of nitrogens with one attached hydrogen (secondary N) is 1. The van der Waals surface area contributed by atoms with Gasteiger partial charge in [0.1, 0.15) is 5.75 Å². The van der Waals surface area contributed by atoms with E-state index in [1.54, 1.807) is 38.4 Å². The number of carbonyl (C=O) groups is 1. The Kier molecular flexibility index (Phi) is 6.16. The number of hydrogen-bond acceptors (Lipinski definition) is 3. The molecule has 1 aromatic carbocycles. The SMILES string of the molecule is CN(C)C(=O)C[NH+](C)CCS(=O)(=O)c1ccc(Br)cc1. The minimum absolute atomic E-state index is 0.0106. The monoisotopic (exact) mass is 363 g/mol. The first-order chi connectivity index (χ1) is 9.22. The first-order valence-electron chi connectivity index (χ1n) is 6.22. The molecule has 5 nitrogen and oxygen atoms in total. The van der Waals surface area contributed by atoms with E-state index in [0.717, 1.165) is 9.37 Å². The molecule has 1 amide bonds. The van der Waals surface area contributed by atoms with E-state index in [-0.39, 0.29) is 11.7 Å². The lowest BCUT2D eigenvalue weighted by Gasteiger charge is -2.16. The van der Waals surface area contributed by atoms with E-state index in [0.29, 0.717) is 18.0 Å². The summed E-state index contributed by atoms with van der Waals surface area (Å²) in [5.41, 5.74) is 0. The molecule has 0 fully saturated rings. The Morgan fingerprint density at radius 1 is 1.25 bits per heavy atom. The number of rotatable bonds is 6. The molecule has 1 N–H and O–H groups in total. The first-order valence-corrected chi connectivity index (χ1v) is 8.66. The van der Waals surface area contributed by atoms with Gasteiger partial charge in [0.05, 0.1) is 18.5 Å². The Morgan fingerprint density at radius 2 is 1.80 bits per heavy atom. The molecule has 0 bridgehead atoms. The van der Waals surface area contributed by atoms with E-state index in [4.69, 9.17) is 0 Å². The second-order valence-electron chi connectivity index (χ2n) is 4.94. The van der Waals surface area contributed by atoms with E-state index >= 15 is 0 Å². The van der Waals surface area contributed by atoms with Crippen LogP contribution < -0.4 is 4.90 Å². The fourth-order valence-electron chi connectivity index (χ4n) is 1.57. The summed E-state index contributed by atoms with van der Waals surface area (Å²) in [6.07, 6.45) is 0. The maximum atomic E-state index is 12.1. The van der Waals surface area contributed by atoms with Gasteiger partial charge >= 0.3 is 0 Å². The van der Waals surface area contributed by atoms with E-state index in [9.17, 15) is 13.2 Å². The molecular formula is C13H20BrN2O3S+. The topological polar surface area (TPSA) is 58.9 Å². The summed E-state index contributed by atoms with van der Waals surface area (Å²) in [4.78, 5) is 14.2. The van der Waals surface area contributed by atoms with Crippen molar-refractivity contribution in [2.75, 3.05) is 40.0 Å². The largest absolute Gasteiger partial charge is 0.344 e. The lowest BCUT2D eigenvalue weighted by molar-refractivity contribution is -0.868. The van der Waals surface area contributed by atoms with Crippen LogP contribution in [0.3, 0.4) is 0 Å². The van der Waals surface area contributed by atoms with Gasteiger partial charge in [0, 0.05) is 18.6 Å². The van der Waals surface area contributed by atoms with Gasteiger partial charge in [-0.05, 0) is 24.3 Å². The Labute approximate surface area is 128 Å². The van der Waals surface area contributed by atoms with Gasteiger partial charge in [-0.25, -0.2) is 8.42 Å². The second-order valence-corrected chi connectivity index (χ2v) is 7.97. The molecule has 0 aliphatic heterocycles. The van der Waals surface area contributed by atoms with Gasteiger partial charge in [-0.2, -0.15) is 0 Å². The minimum atomic E-state index is -3.29. The smallest absolute Gasteiger partial charge is 0.277 e. The molecule has 0 radical (unpaired) electrons. The van der Waals surface area contributed by atoms with Crippen molar-refractivity contribution in [3.05, 3.63) is 28.7 Å². The fourth-order valence-corrected chi connectivity index (χ4v) is 3.24. The summed E-state index contributed by atoms with van der Waals surface area (Å²) >= 11 is 3.27. The number of hydrogen-bond donors (Lipinski definition) is 1. The predicted octanol–water partition coefficient (Wildman–Crippen LogP) is -0.174. The van der Waals surface area contributed by atoms with E-state index < -0.39 is 9.84 Å². The van der Waals surface area contributed by atoms with Crippen molar-refractivity contribution >= 4 is 31.7 Å². The molecule has 112 valence electrons. The average molecular weight is 364 g/mol. The molecule has 0 spiro atoms. The van der Waals surface area contributed by atoms with Crippen LogP contribution in [-0.4, -0.2) is 59.2 Å². The summed E-state index contributed by atoms with van der Waals surface area (Å²) in [6, 6.07) is 6.58. The quantitative estimate of drug-likeness (QED) is 0.762. The van der Waals surface area contributed by atoms with Gasteiger partial charge < -0.3 is 9.80 Å². The summed E-state index contributed by atoms with van der Waals surface area (Å²) < 4.78 is 25.1. The number of carbonyl (C=O) groups excluding carboxylic acids is 1. The highest BCUT2D eigenvalue weighted by Crippen LogP contribution is 2.15. The van der Waals surface area contributed by atoms with E-state index in [1.165, 1.54) is 4.90 Å². The lowest BCUT2D eigenvalue weighted by atomic mass is 10.4. The van der Waals surface area contributed by atoms with Crippen LogP contribution >= 0.6 is 15.9 Å². The fraction of sp³-hybridized carbons (Fsp3) is 0.462. The van der Waals surface area contributed by atoms with Crippen LogP contribution in [0.1, 0.15) is 0 Å². The van der Waals surface area contributed by atoms with Crippen molar-refractivity contribution in [3.63, 3.8) is 0 Å². The first kappa shape index (κ1) is 17.1. The Bertz CT molecular complexity index is 555. The van der Waals surface area contributed by atoms with Crippen molar-refractivity contribution in [3.8, 4) is 0 Å². The molecule has 7 heteroatoms. The number of halogens is 1. The van der Waals surface area contributed by atoms with Crippen LogP contribution in [0.25, 0.3) is 0 Å². The highest BCUT2D eigenvalue weighted by atomic mass is 79.9. The van der Waals surface area contributed by atoms with E-state index in [1.807, 2.05) is 7.05 Å². The average Bonchev–Trinajstić information content (AvgIpc) is 2.37. The number of quaternary nitrogens is 1. The molecule has 0 aliphatic rings. The van der Waals surface area contributed by atoms with Crippen LogP contribution in [0.5, 0.6) is 0 Å². The van der Waals surface area contributed by atoms with E-state index in [2.05, 4.69) is 15.9 Å². The summed E-state index contributed by atoms with van der Waals surface area (Å²) in [5, 5.41) is 0. The predicted molar refractivity (Wildman–Crippen MR) is 81.5 cm³/mol. The molecular weight excluding hydrogens is 344 g/mol. The summed E-state index contributed by atoms with van der Waals surface area (Å²) in [7, 11) is 1.90. The Morgan fingerprint density at radius 3 is 2.30 bits per heavy atom. The Balaban J connectivity index is 2.60. The second kappa shape index (κ2) is 7.19. The molecule has 1 rings (SSSR count). The number of likely N-dealkylation sites (N-methyl/N-ethyl adjacent to an activating group) is 2. The van der Waals surface area contributed by atoms with Crippen LogP contribution in [0.2, 0.25) is 0 Å². The van der Waals surface area contributed by atoms with Crippen LogP contribution in [0.15, 0.2) is 33.6 Å². The maximum absolute atomic E-state index is 12.1. The van der Waals surface area contributed by atoms with Crippen LogP contribution in [0, 0.1) is 0 Å². The third-order valence-corrected chi connectivity index (χ3v) is 5.18. The minimum Gasteiger partial charge on any atom is -0.344 e. The Hall–Kier alpha value is -0.920. The number of sulfone groups is 1. The maximum Gasteiger partial charge on any atom is 0.277 e. The highest BCUT2D eigenvalue weighted by molar-refractivity contribution is 9.10. The summed E-state index contributed by atoms with van der Waals surface area (Å²) in [5.74, 6) is 0.0183. The van der Waals surface area contributed by atoms with Crippen molar-refractivity contribution in [1.29, 1.82) is 0 Å². The summed E-state index contributed by atoms with van der Waals surface area (Å²) in [6.45, 7) is 0.695. The zero-order valence-electron chi connectivity index (χ0n) is 11.9. The van der Waals surface area contributed by atoms with Gasteiger partial charge in [0.15, 0.2) is 16.4 Å². The van der Waals surface area contributed by atoms with Gasteiger partial charge in [-0.3, -0.25) is 4.79 Å². The molecule has 0 saturated carbocycles. The van der Waals surface area contributed by atoms with Gasteiger partial charge in [-0.15, -0.1) is 0 Å². The van der Waals surface area contributed by atoms with Gasteiger partial charge in [-0.1, -0.05) is 15.9 Å². The molecule has 0 aliphatic carbocycles. The van der Waals surface area contributed by atoms with Gasteiger partial charge in [0.25, 0.3) is 5.91 Å². The zero-order valence-corrected chi connectivity index (χ0v) is 14.3. The third-order valence-electron chi connectivity index (χ3n) is 2.92. The molecule has 0 saturated heterocycles. The van der Waals surface area contributed by atoms with Crippen LogP contribution in [0.4, 0.5) is 0 Å². The number of amides is 1. The molecule has 1 atom stereocenters. The number of benzene rings is 1. The van der Waals surface area contributed by atoms with Gasteiger partial charge in [0.2, 0.25) is 0 Å². The molecule has 0 heterocycles. The van der Waals surface area contributed by atoms with Crippen molar-refractivity contribution < 1.29 is 18.1 Å². The van der Waals surface area contributed by atoms with Crippen molar-refractivity contribution in [1.82, 2.24) is 4.90 Å². The lowest BCUT2D eigenvalue weighted by Crippen LogP contribution is -3.10. The molecule has 0 aromatic heterocycles. The normalized spacial score (nSPS) is 13.0. The zero-order chi connectivity index (χ0) is 15.3. The molecule has 1 unspecified atom stereocenters. The molecule has 1 aromatic rings. The standard InChI is InChI=1S/C13H19BrN2O3S/c1-15(2)13(17)10-16(3)8-9-20(18,19)12-6-4-11(14)5-7-12/h4-7H,8-10H2,1-3H3/p+1.